The first kappa shape index (κ1) is 12.3. The van der Waals surface area contributed by atoms with Crippen molar-refractivity contribution in [1.82, 2.24) is 4.98 Å². The van der Waals surface area contributed by atoms with Crippen LogP contribution in [0.3, 0.4) is 0 Å². The molecule has 2 nitrogen and oxygen atoms in total. The number of halogens is 1. The maximum atomic E-state index is 13.1. The summed E-state index contributed by atoms with van der Waals surface area (Å²) >= 11 is 0. The summed E-state index contributed by atoms with van der Waals surface area (Å²) in [5.41, 5.74) is 0. The van der Waals surface area contributed by atoms with Crippen molar-refractivity contribution in [1.29, 1.82) is 0 Å². The second kappa shape index (κ2) is 5.48. The molecule has 2 heterocycles. The summed E-state index contributed by atoms with van der Waals surface area (Å²) in [5, 5.41) is 0. The lowest BCUT2D eigenvalue weighted by Gasteiger charge is -2.26. The van der Waals surface area contributed by atoms with Gasteiger partial charge in [0.1, 0.15) is 5.82 Å². The molecular weight excluding hydrogens is 215 g/mol. The Morgan fingerprint density at radius 3 is 3.00 bits per heavy atom. The van der Waals surface area contributed by atoms with Gasteiger partial charge in [-0.15, -0.1) is 0 Å². The van der Waals surface area contributed by atoms with Gasteiger partial charge in [0.25, 0.3) is 0 Å². The number of nitrogens with zero attached hydrogens (tertiary/aromatic N) is 2. The van der Waals surface area contributed by atoms with E-state index in [-0.39, 0.29) is 5.95 Å². The zero-order valence-electron chi connectivity index (χ0n) is 10.7. The molecule has 1 aromatic heterocycles. The predicted molar refractivity (Wildman–Crippen MR) is 68.6 cm³/mol. The zero-order chi connectivity index (χ0) is 12.3. The molecule has 0 aromatic carbocycles. The van der Waals surface area contributed by atoms with Gasteiger partial charge in [-0.05, 0) is 43.7 Å². The van der Waals surface area contributed by atoms with Gasteiger partial charge in [-0.1, -0.05) is 19.9 Å². The molecule has 1 aromatic rings. The third kappa shape index (κ3) is 3.18. The van der Waals surface area contributed by atoms with Crippen LogP contribution in [0.5, 0.6) is 0 Å². The fourth-order valence-corrected chi connectivity index (χ4v) is 2.52. The summed E-state index contributed by atoms with van der Waals surface area (Å²) in [6.07, 6.45) is 4.83. The SMILES string of the molecule is CC(C)CCC1CCCN1c1cccc(F)n1. The lowest BCUT2D eigenvalue weighted by Crippen LogP contribution is -2.30. The second-order valence-electron chi connectivity index (χ2n) is 5.28. The Hall–Kier alpha value is -1.12. The van der Waals surface area contributed by atoms with E-state index in [2.05, 4.69) is 23.7 Å². The summed E-state index contributed by atoms with van der Waals surface area (Å²) in [4.78, 5) is 6.26. The number of hydrogen-bond acceptors (Lipinski definition) is 2. The van der Waals surface area contributed by atoms with E-state index in [1.165, 1.54) is 31.7 Å². The third-order valence-corrected chi connectivity index (χ3v) is 3.45. The van der Waals surface area contributed by atoms with Gasteiger partial charge in [0.05, 0.1) is 0 Å². The standard InChI is InChI=1S/C14H21FN2/c1-11(2)8-9-12-5-4-10-17(12)14-7-3-6-13(15)16-14/h3,6-7,11-12H,4-5,8-10H2,1-2H3. The fraction of sp³-hybridized carbons (Fsp3) is 0.643. The summed E-state index contributed by atoms with van der Waals surface area (Å²) in [5.74, 6) is 1.16. The summed E-state index contributed by atoms with van der Waals surface area (Å²) in [6, 6.07) is 5.61. The van der Waals surface area contributed by atoms with E-state index >= 15 is 0 Å². The van der Waals surface area contributed by atoms with E-state index in [1.54, 1.807) is 6.07 Å². The number of hydrogen-bond donors (Lipinski definition) is 0. The Morgan fingerprint density at radius 2 is 2.29 bits per heavy atom. The fourth-order valence-electron chi connectivity index (χ4n) is 2.52. The maximum absolute atomic E-state index is 13.1. The van der Waals surface area contributed by atoms with Gasteiger partial charge < -0.3 is 4.90 Å². The normalized spacial score (nSPS) is 20.2. The van der Waals surface area contributed by atoms with E-state index in [1.807, 2.05) is 6.07 Å². The molecule has 0 spiro atoms. The average Bonchev–Trinajstić information content (AvgIpc) is 2.74. The van der Waals surface area contributed by atoms with Gasteiger partial charge in [-0.3, -0.25) is 0 Å². The Kier molecular flexibility index (Phi) is 3.97. The molecular formula is C14H21FN2. The Morgan fingerprint density at radius 1 is 1.47 bits per heavy atom. The Bertz CT molecular complexity index is 365. The number of rotatable bonds is 4. The lowest BCUT2D eigenvalue weighted by atomic mass is 10.0. The van der Waals surface area contributed by atoms with Crippen LogP contribution in [0.2, 0.25) is 0 Å². The molecule has 1 atom stereocenters. The molecule has 0 aliphatic carbocycles. The van der Waals surface area contributed by atoms with Crippen LogP contribution in [0, 0.1) is 11.9 Å². The molecule has 94 valence electrons. The van der Waals surface area contributed by atoms with Gasteiger partial charge in [0.2, 0.25) is 5.95 Å². The number of anilines is 1. The van der Waals surface area contributed by atoms with Crippen molar-refractivity contribution >= 4 is 5.82 Å². The largest absolute Gasteiger partial charge is 0.354 e. The molecule has 0 radical (unpaired) electrons. The van der Waals surface area contributed by atoms with Crippen molar-refractivity contribution in [2.75, 3.05) is 11.4 Å². The molecule has 3 heteroatoms. The van der Waals surface area contributed by atoms with Gasteiger partial charge >= 0.3 is 0 Å². The van der Waals surface area contributed by atoms with Crippen LogP contribution < -0.4 is 4.90 Å². The van der Waals surface area contributed by atoms with E-state index < -0.39 is 0 Å². The van der Waals surface area contributed by atoms with Crippen LogP contribution in [0.25, 0.3) is 0 Å². The van der Waals surface area contributed by atoms with Crippen molar-refractivity contribution in [2.24, 2.45) is 5.92 Å². The van der Waals surface area contributed by atoms with Crippen LogP contribution in [-0.2, 0) is 0 Å². The van der Waals surface area contributed by atoms with Crippen LogP contribution in [0.1, 0.15) is 39.5 Å². The minimum absolute atomic E-state index is 0.378. The molecule has 0 bridgehead atoms. The van der Waals surface area contributed by atoms with E-state index in [4.69, 9.17) is 0 Å². The van der Waals surface area contributed by atoms with Crippen molar-refractivity contribution in [3.8, 4) is 0 Å². The van der Waals surface area contributed by atoms with Crippen molar-refractivity contribution in [3.63, 3.8) is 0 Å². The molecule has 1 aliphatic rings. The first-order chi connectivity index (χ1) is 8.16. The minimum atomic E-state index is -0.378. The smallest absolute Gasteiger partial charge is 0.214 e. The van der Waals surface area contributed by atoms with Crippen LogP contribution in [0.15, 0.2) is 18.2 Å². The van der Waals surface area contributed by atoms with E-state index in [9.17, 15) is 4.39 Å². The molecule has 1 saturated heterocycles. The van der Waals surface area contributed by atoms with Gasteiger partial charge in [0.15, 0.2) is 0 Å². The van der Waals surface area contributed by atoms with Crippen molar-refractivity contribution in [3.05, 3.63) is 24.1 Å². The summed E-state index contributed by atoms with van der Waals surface area (Å²) in [7, 11) is 0. The Balaban J connectivity index is 2.04. The molecule has 1 unspecified atom stereocenters. The highest BCUT2D eigenvalue weighted by atomic mass is 19.1. The predicted octanol–water partition coefficient (Wildman–Crippen LogP) is 3.63. The maximum Gasteiger partial charge on any atom is 0.214 e. The van der Waals surface area contributed by atoms with Crippen LogP contribution >= 0.6 is 0 Å². The van der Waals surface area contributed by atoms with Crippen molar-refractivity contribution in [2.45, 2.75) is 45.6 Å². The lowest BCUT2D eigenvalue weighted by molar-refractivity contribution is 0.492. The highest BCUT2D eigenvalue weighted by Crippen LogP contribution is 2.27. The van der Waals surface area contributed by atoms with Crippen LogP contribution in [-0.4, -0.2) is 17.6 Å². The highest BCUT2D eigenvalue weighted by Gasteiger charge is 2.25. The molecule has 1 aliphatic heterocycles. The summed E-state index contributed by atoms with van der Waals surface area (Å²) in [6.45, 7) is 5.51. The monoisotopic (exact) mass is 236 g/mol. The zero-order valence-corrected chi connectivity index (χ0v) is 10.7. The quantitative estimate of drug-likeness (QED) is 0.742. The van der Waals surface area contributed by atoms with E-state index in [0.29, 0.717) is 6.04 Å². The van der Waals surface area contributed by atoms with Gasteiger partial charge in [0, 0.05) is 12.6 Å². The molecule has 1 fully saturated rings. The van der Waals surface area contributed by atoms with E-state index in [0.717, 1.165) is 18.3 Å². The molecule has 17 heavy (non-hydrogen) atoms. The topological polar surface area (TPSA) is 16.1 Å². The molecule has 2 rings (SSSR count). The Labute approximate surface area is 103 Å². The van der Waals surface area contributed by atoms with Gasteiger partial charge in [-0.25, -0.2) is 4.98 Å². The van der Waals surface area contributed by atoms with Crippen molar-refractivity contribution < 1.29 is 4.39 Å². The minimum Gasteiger partial charge on any atom is -0.354 e. The molecule has 0 saturated carbocycles. The first-order valence-electron chi connectivity index (χ1n) is 6.56. The number of aromatic nitrogens is 1. The summed E-state index contributed by atoms with van der Waals surface area (Å²) < 4.78 is 13.1. The number of pyridine rings is 1. The third-order valence-electron chi connectivity index (χ3n) is 3.45. The highest BCUT2D eigenvalue weighted by molar-refractivity contribution is 5.40. The second-order valence-corrected chi connectivity index (χ2v) is 5.28. The average molecular weight is 236 g/mol. The first-order valence-corrected chi connectivity index (χ1v) is 6.56. The molecule has 0 amide bonds. The van der Waals surface area contributed by atoms with Gasteiger partial charge in [-0.2, -0.15) is 4.39 Å². The molecule has 0 N–H and O–H groups in total. The van der Waals surface area contributed by atoms with Crippen LogP contribution in [0.4, 0.5) is 10.2 Å².